The first-order valence-electron chi connectivity index (χ1n) is 11.7. The predicted molar refractivity (Wildman–Crippen MR) is 113 cm³/mol. The highest BCUT2D eigenvalue weighted by atomic mass is 19.1. The number of benzene rings is 1. The van der Waals surface area contributed by atoms with Crippen molar-refractivity contribution in [2.24, 2.45) is 16.7 Å². The van der Waals surface area contributed by atoms with E-state index in [-0.39, 0.29) is 28.2 Å². The third-order valence-corrected chi connectivity index (χ3v) is 8.56. The van der Waals surface area contributed by atoms with E-state index in [0.29, 0.717) is 18.9 Å². The lowest BCUT2D eigenvalue weighted by Crippen LogP contribution is -2.64. The van der Waals surface area contributed by atoms with Gasteiger partial charge < -0.3 is 10.6 Å². The smallest absolute Gasteiger partial charge is 0.226 e. The highest BCUT2D eigenvalue weighted by molar-refractivity contribution is 5.84. The third-order valence-electron chi connectivity index (χ3n) is 8.56. The maximum absolute atomic E-state index is 14.4. The van der Waals surface area contributed by atoms with Crippen molar-refractivity contribution in [3.8, 4) is 0 Å². The van der Waals surface area contributed by atoms with Gasteiger partial charge >= 0.3 is 0 Å². The Kier molecular flexibility index (Phi) is 4.77. The molecular weight excluding hydrogens is 363 g/mol. The fourth-order valence-corrected chi connectivity index (χ4v) is 8.12. The molecule has 4 saturated carbocycles. The van der Waals surface area contributed by atoms with Gasteiger partial charge in [-0.25, -0.2) is 4.39 Å². The fraction of sp³-hybridized carbons (Fsp3) is 0.720. The normalized spacial score (nSPS) is 43.3. The van der Waals surface area contributed by atoms with Gasteiger partial charge in [0, 0.05) is 6.54 Å². The zero-order valence-corrected chi connectivity index (χ0v) is 17.7. The van der Waals surface area contributed by atoms with E-state index >= 15 is 0 Å². The largest absolute Gasteiger partial charge is 0.350 e. The van der Waals surface area contributed by atoms with Crippen molar-refractivity contribution in [1.29, 1.82) is 0 Å². The molecule has 1 saturated heterocycles. The summed E-state index contributed by atoms with van der Waals surface area (Å²) < 4.78 is 14.4. The predicted octanol–water partition coefficient (Wildman–Crippen LogP) is 4.51. The lowest BCUT2D eigenvalue weighted by Gasteiger charge is -2.66. The van der Waals surface area contributed by atoms with E-state index in [0.717, 1.165) is 25.8 Å². The van der Waals surface area contributed by atoms with Crippen molar-refractivity contribution in [2.75, 3.05) is 13.1 Å². The van der Waals surface area contributed by atoms with Gasteiger partial charge in [-0.05, 0) is 80.2 Å². The van der Waals surface area contributed by atoms with Crippen molar-refractivity contribution >= 4 is 5.91 Å². The molecule has 4 heteroatoms. The van der Waals surface area contributed by atoms with Crippen LogP contribution < -0.4 is 10.6 Å². The minimum absolute atomic E-state index is 0.121. The van der Waals surface area contributed by atoms with Crippen molar-refractivity contribution in [3.63, 3.8) is 0 Å². The minimum Gasteiger partial charge on any atom is -0.350 e. The van der Waals surface area contributed by atoms with E-state index in [1.807, 2.05) is 0 Å². The lowest BCUT2D eigenvalue weighted by molar-refractivity contribution is -0.165. The number of nitrogens with one attached hydrogen (secondary N) is 2. The van der Waals surface area contributed by atoms with E-state index in [4.69, 9.17) is 0 Å². The Morgan fingerprint density at radius 2 is 2.00 bits per heavy atom. The first-order chi connectivity index (χ1) is 14.0. The minimum atomic E-state index is -0.978. The average Bonchev–Trinajstić information content (AvgIpc) is 2.69. The molecule has 6 rings (SSSR count). The maximum atomic E-state index is 14.4. The molecule has 29 heavy (non-hydrogen) atoms. The summed E-state index contributed by atoms with van der Waals surface area (Å²) in [5, 5.41) is 6.30. The first kappa shape index (κ1) is 19.5. The Bertz CT molecular complexity index is 769. The number of piperidine rings is 1. The van der Waals surface area contributed by atoms with Gasteiger partial charge in [-0.1, -0.05) is 43.7 Å². The number of carbonyl (C=O) groups excluding carboxylic acids is 1. The number of halogens is 1. The van der Waals surface area contributed by atoms with Crippen LogP contribution in [0.1, 0.15) is 70.3 Å². The van der Waals surface area contributed by atoms with E-state index < -0.39 is 6.17 Å². The van der Waals surface area contributed by atoms with Crippen LogP contribution in [0.4, 0.5) is 4.39 Å². The molecule has 1 heterocycles. The summed E-state index contributed by atoms with van der Waals surface area (Å²) in [5.41, 5.74) is 1.52. The monoisotopic (exact) mass is 398 g/mol. The quantitative estimate of drug-likeness (QED) is 0.766. The zero-order chi connectivity index (χ0) is 20.1. The van der Waals surface area contributed by atoms with Crippen molar-refractivity contribution in [1.82, 2.24) is 10.6 Å². The Balaban J connectivity index is 1.48. The third kappa shape index (κ3) is 3.22. The highest BCUT2D eigenvalue weighted by Crippen LogP contribution is 2.71. The van der Waals surface area contributed by atoms with Crippen molar-refractivity contribution < 1.29 is 9.18 Å². The van der Waals surface area contributed by atoms with Crippen LogP contribution in [0.15, 0.2) is 30.3 Å². The van der Waals surface area contributed by atoms with Crippen LogP contribution in [0, 0.1) is 16.7 Å². The van der Waals surface area contributed by atoms with E-state index in [1.54, 1.807) is 0 Å². The summed E-state index contributed by atoms with van der Waals surface area (Å²) >= 11 is 0. The lowest BCUT2D eigenvalue weighted by atomic mass is 9.37. The van der Waals surface area contributed by atoms with E-state index in [1.165, 1.54) is 37.7 Å². The van der Waals surface area contributed by atoms with Crippen molar-refractivity contribution in [3.05, 3.63) is 35.9 Å². The molecule has 4 bridgehead atoms. The number of alkyl halides is 1. The Hall–Kier alpha value is -1.42. The molecule has 0 spiro atoms. The van der Waals surface area contributed by atoms with Gasteiger partial charge in [-0.2, -0.15) is 0 Å². The van der Waals surface area contributed by atoms with Gasteiger partial charge in [-0.15, -0.1) is 0 Å². The standard InChI is InChI=1S/C25H35FN2O/c1-2-9-23-11-18-12-24(15-23,19-6-4-3-5-7-19)17-25(13-18,16-23)22(29)28-21-8-10-27-14-20(21)26/h3-7,18,20-21,27H,2,8-17H2,1H3,(H,28,29)/t18?,20-,21+,23+,24+,25?/m0/s1. The SMILES string of the molecule is CCC[C@]12CC3CC(C(=O)N[C@@H]4CCNC[C@@H]4F)(C1)C[C@@](c1ccccc1)(C3)C2. The van der Waals surface area contributed by atoms with Gasteiger partial charge in [0.1, 0.15) is 6.17 Å². The van der Waals surface area contributed by atoms with Crippen molar-refractivity contribution in [2.45, 2.75) is 82.3 Å². The highest BCUT2D eigenvalue weighted by Gasteiger charge is 2.65. The molecule has 2 unspecified atom stereocenters. The summed E-state index contributed by atoms with van der Waals surface area (Å²) in [7, 11) is 0. The zero-order valence-electron chi connectivity index (χ0n) is 17.7. The topological polar surface area (TPSA) is 41.1 Å². The fourth-order valence-electron chi connectivity index (χ4n) is 8.12. The van der Waals surface area contributed by atoms with Crippen LogP contribution >= 0.6 is 0 Å². The molecule has 5 aliphatic rings. The van der Waals surface area contributed by atoms with Crippen LogP contribution in [-0.4, -0.2) is 31.2 Å². The summed E-state index contributed by atoms with van der Waals surface area (Å²) in [6.07, 6.45) is 8.78. The van der Waals surface area contributed by atoms with Gasteiger partial charge in [0.05, 0.1) is 11.5 Å². The molecule has 1 aliphatic heterocycles. The molecule has 0 aromatic heterocycles. The second-order valence-electron chi connectivity index (χ2n) is 10.8. The number of hydrogen-bond acceptors (Lipinski definition) is 2. The second-order valence-corrected chi connectivity index (χ2v) is 10.8. The molecule has 6 atom stereocenters. The molecular formula is C25H35FN2O. The maximum Gasteiger partial charge on any atom is 0.226 e. The van der Waals surface area contributed by atoms with Gasteiger partial charge in [0.2, 0.25) is 5.91 Å². The Morgan fingerprint density at radius 3 is 2.76 bits per heavy atom. The molecule has 5 fully saturated rings. The molecule has 1 amide bonds. The van der Waals surface area contributed by atoms with Crippen LogP contribution in [0.3, 0.4) is 0 Å². The van der Waals surface area contributed by atoms with Crippen LogP contribution in [0.2, 0.25) is 0 Å². The Morgan fingerprint density at radius 1 is 1.17 bits per heavy atom. The summed E-state index contributed by atoms with van der Waals surface area (Å²) in [5.74, 6) is 0.773. The number of carbonyl (C=O) groups is 1. The molecule has 1 aromatic rings. The molecule has 0 radical (unpaired) electrons. The van der Waals surface area contributed by atoms with E-state index in [2.05, 4.69) is 47.9 Å². The van der Waals surface area contributed by atoms with Gasteiger partial charge in [0.15, 0.2) is 0 Å². The van der Waals surface area contributed by atoms with Crippen LogP contribution in [0.25, 0.3) is 0 Å². The van der Waals surface area contributed by atoms with E-state index in [9.17, 15) is 9.18 Å². The average molecular weight is 399 g/mol. The van der Waals surface area contributed by atoms with Gasteiger partial charge in [0.25, 0.3) is 0 Å². The summed E-state index contributed by atoms with van der Waals surface area (Å²) in [6, 6.07) is 10.6. The summed E-state index contributed by atoms with van der Waals surface area (Å²) in [4.78, 5) is 13.7. The van der Waals surface area contributed by atoms with Crippen LogP contribution in [-0.2, 0) is 10.2 Å². The van der Waals surface area contributed by atoms with Crippen LogP contribution in [0.5, 0.6) is 0 Å². The molecule has 158 valence electrons. The Labute approximate surface area is 174 Å². The number of amides is 1. The molecule has 3 nitrogen and oxygen atoms in total. The molecule has 4 aliphatic carbocycles. The molecule has 1 aromatic carbocycles. The first-order valence-corrected chi connectivity index (χ1v) is 11.7. The summed E-state index contributed by atoms with van der Waals surface area (Å²) in [6.45, 7) is 3.42. The molecule has 2 N–H and O–H groups in total. The number of rotatable bonds is 5. The number of hydrogen-bond donors (Lipinski definition) is 2. The van der Waals surface area contributed by atoms with Gasteiger partial charge in [-0.3, -0.25) is 4.79 Å². The second kappa shape index (κ2) is 7.08.